The Morgan fingerprint density at radius 2 is 1.93 bits per heavy atom. The molecule has 0 saturated carbocycles. The van der Waals surface area contributed by atoms with Gasteiger partial charge in [0.25, 0.3) is 5.91 Å². The van der Waals surface area contributed by atoms with Crippen LogP contribution >= 0.6 is 34.7 Å². The fraction of sp³-hybridized carbons (Fsp3) is 0.286. The molecule has 1 unspecified atom stereocenters. The van der Waals surface area contributed by atoms with Crippen LogP contribution in [-0.2, 0) is 6.42 Å². The molecule has 1 atom stereocenters. The maximum atomic E-state index is 12.9. The number of nitrogens with zero attached hydrogens (tertiary/aromatic N) is 4. The highest BCUT2D eigenvalue weighted by molar-refractivity contribution is 7.09. The van der Waals surface area contributed by atoms with Gasteiger partial charge in [-0.25, -0.2) is 4.98 Å². The first kappa shape index (κ1) is 20.1. The number of hydrogen-bond acceptors (Lipinski definition) is 5. The zero-order valence-electron chi connectivity index (χ0n) is 15.9. The van der Waals surface area contributed by atoms with E-state index in [1.807, 2.05) is 30.0 Å². The van der Waals surface area contributed by atoms with Crippen LogP contribution in [0.3, 0.4) is 0 Å². The monoisotopic (exact) mass is 446 g/mol. The van der Waals surface area contributed by atoms with E-state index in [9.17, 15) is 4.79 Å². The number of anilines is 1. The summed E-state index contributed by atoms with van der Waals surface area (Å²) in [6.07, 6.45) is 0.725. The number of carbonyl (C=O) groups excluding carboxylic acids is 1. The van der Waals surface area contributed by atoms with Crippen molar-refractivity contribution >= 4 is 45.8 Å². The molecule has 3 aromatic rings. The predicted octanol–water partition coefficient (Wildman–Crippen LogP) is 4.79. The fourth-order valence-corrected chi connectivity index (χ4v) is 4.47. The predicted molar refractivity (Wildman–Crippen MR) is 118 cm³/mol. The highest BCUT2D eigenvalue weighted by Crippen LogP contribution is 2.26. The molecule has 0 aliphatic carbocycles. The van der Waals surface area contributed by atoms with Gasteiger partial charge in [0.05, 0.1) is 10.0 Å². The Balaban J connectivity index is 1.41. The molecule has 2 aromatic carbocycles. The Morgan fingerprint density at radius 3 is 2.66 bits per heavy atom. The van der Waals surface area contributed by atoms with Crippen molar-refractivity contribution in [2.75, 3.05) is 24.5 Å². The molecule has 150 valence electrons. The van der Waals surface area contributed by atoms with Crippen LogP contribution in [0.25, 0.3) is 0 Å². The molecule has 1 fully saturated rings. The topological polar surface area (TPSA) is 49.3 Å². The van der Waals surface area contributed by atoms with Crippen molar-refractivity contribution < 1.29 is 4.79 Å². The van der Waals surface area contributed by atoms with E-state index in [0.29, 0.717) is 28.7 Å². The van der Waals surface area contributed by atoms with Crippen LogP contribution in [0.2, 0.25) is 10.0 Å². The van der Waals surface area contributed by atoms with Crippen LogP contribution in [0.1, 0.15) is 28.7 Å². The minimum atomic E-state index is -0.0299. The lowest BCUT2D eigenvalue weighted by molar-refractivity contribution is 0.0674. The third kappa shape index (κ3) is 4.55. The van der Waals surface area contributed by atoms with Crippen molar-refractivity contribution in [2.24, 2.45) is 0 Å². The van der Waals surface area contributed by atoms with Crippen LogP contribution in [0.5, 0.6) is 0 Å². The smallest absolute Gasteiger partial charge is 0.254 e. The summed E-state index contributed by atoms with van der Waals surface area (Å²) >= 11 is 13.5. The summed E-state index contributed by atoms with van der Waals surface area (Å²) in [4.78, 5) is 21.7. The summed E-state index contributed by atoms with van der Waals surface area (Å²) in [5.41, 5.74) is 1.75. The second kappa shape index (κ2) is 8.69. The van der Waals surface area contributed by atoms with Crippen LogP contribution < -0.4 is 4.90 Å². The van der Waals surface area contributed by atoms with Gasteiger partial charge in [0.1, 0.15) is 5.82 Å². The van der Waals surface area contributed by atoms with E-state index in [0.717, 1.165) is 23.9 Å². The van der Waals surface area contributed by atoms with Crippen molar-refractivity contribution in [3.05, 3.63) is 75.5 Å². The van der Waals surface area contributed by atoms with E-state index in [-0.39, 0.29) is 11.9 Å². The molecule has 0 radical (unpaired) electrons. The maximum absolute atomic E-state index is 12.9. The van der Waals surface area contributed by atoms with Gasteiger partial charge in [-0.05, 0) is 30.7 Å². The average molecular weight is 447 g/mol. The van der Waals surface area contributed by atoms with Crippen LogP contribution in [0.4, 0.5) is 5.13 Å². The third-order valence-electron chi connectivity index (χ3n) is 4.99. The third-order valence-corrected chi connectivity index (χ3v) is 6.54. The molecule has 5 nitrogen and oxygen atoms in total. The Morgan fingerprint density at radius 1 is 1.14 bits per heavy atom. The van der Waals surface area contributed by atoms with Gasteiger partial charge < -0.3 is 9.80 Å². The number of aromatic nitrogens is 2. The zero-order valence-corrected chi connectivity index (χ0v) is 18.2. The van der Waals surface area contributed by atoms with Gasteiger partial charge in [0.15, 0.2) is 0 Å². The Kier molecular flexibility index (Phi) is 6.04. The molecule has 8 heteroatoms. The molecule has 1 aliphatic heterocycles. The first-order valence-corrected chi connectivity index (χ1v) is 10.9. The zero-order chi connectivity index (χ0) is 20.4. The molecule has 4 rings (SSSR count). The van der Waals surface area contributed by atoms with Crippen molar-refractivity contribution in [1.29, 1.82) is 0 Å². The highest BCUT2D eigenvalue weighted by atomic mass is 35.5. The SMILES string of the molecule is CC1CN(c2nc(Cc3ccccc3)ns2)CCN1C(=O)c1ccc(Cl)c(Cl)c1. The van der Waals surface area contributed by atoms with E-state index in [2.05, 4.69) is 21.4 Å². The summed E-state index contributed by atoms with van der Waals surface area (Å²) in [6.45, 7) is 4.10. The largest absolute Gasteiger partial charge is 0.343 e. The van der Waals surface area contributed by atoms with Gasteiger partial charge in [-0.1, -0.05) is 53.5 Å². The van der Waals surface area contributed by atoms with Crippen LogP contribution in [0.15, 0.2) is 48.5 Å². The molecule has 0 spiro atoms. The Bertz CT molecular complexity index is 1010. The molecular weight excluding hydrogens is 427 g/mol. The molecule has 1 saturated heterocycles. The van der Waals surface area contributed by atoms with Gasteiger partial charge in [0, 0.05) is 49.2 Å². The van der Waals surface area contributed by atoms with E-state index >= 15 is 0 Å². The number of halogens is 2. The molecule has 1 aromatic heterocycles. The van der Waals surface area contributed by atoms with Crippen LogP contribution in [0, 0.1) is 0 Å². The minimum absolute atomic E-state index is 0.0299. The lowest BCUT2D eigenvalue weighted by Crippen LogP contribution is -2.54. The van der Waals surface area contributed by atoms with Gasteiger partial charge in [-0.15, -0.1) is 0 Å². The van der Waals surface area contributed by atoms with E-state index in [1.54, 1.807) is 18.2 Å². The maximum Gasteiger partial charge on any atom is 0.254 e. The highest BCUT2D eigenvalue weighted by Gasteiger charge is 2.29. The summed E-state index contributed by atoms with van der Waals surface area (Å²) in [5, 5.41) is 1.75. The van der Waals surface area contributed by atoms with E-state index in [1.165, 1.54) is 17.1 Å². The van der Waals surface area contributed by atoms with Crippen molar-refractivity contribution in [2.45, 2.75) is 19.4 Å². The molecule has 2 heterocycles. The lowest BCUT2D eigenvalue weighted by Gasteiger charge is -2.39. The van der Waals surface area contributed by atoms with Gasteiger partial charge in [-0.3, -0.25) is 4.79 Å². The molecule has 0 N–H and O–H groups in total. The molecule has 29 heavy (non-hydrogen) atoms. The van der Waals surface area contributed by atoms with Gasteiger partial charge in [0.2, 0.25) is 5.13 Å². The standard InChI is InChI=1S/C21H20Cl2N4OS/c1-14-13-26(21-24-19(25-29-21)11-15-5-3-2-4-6-15)9-10-27(14)20(28)16-7-8-17(22)18(23)12-16/h2-8,12,14H,9-11,13H2,1H3. The van der Waals surface area contributed by atoms with Gasteiger partial charge in [-0.2, -0.15) is 4.37 Å². The average Bonchev–Trinajstić information content (AvgIpc) is 3.19. The van der Waals surface area contributed by atoms with Gasteiger partial charge >= 0.3 is 0 Å². The number of benzene rings is 2. The second-order valence-electron chi connectivity index (χ2n) is 7.08. The number of amides is 1. The quantitative estimate of drug-likeness (QED) is 0.577. The van der Waals surface area contributed by atoms with Crippen molar-refractivity contribution in [1.82, 2.24) is 14.3 Å². The molecular formula is C21H20Cl2N4OS. The minimum Gasteiger partial charge on any atom is -0.343 e. The molecule has 1 aliphatic rings. The fourth-order valence-electron chi connectivity index (χ4n) is 3.45. The Labute approximate surface area is 184 Å². The van der Waals surface area contributed by atoms with E-state index in [4.69, 9.17) is 28.2 Å². The number of hydrogen-bond donors (Lipinski definition) is 0. The number of carbonyl (C=O) groups is 1. The first-order chi connectivity index (χ1) is 14.0. The summed E-state index contributed by atoms with van der Waals surface area (Å²) in [7, 11) is 0. The number of rotatable bonds is 4. The summed E-state index contributed by atoms with van der Waals surface area (Å²) in [6, 6.07) is 15.3. The summed E-state index contributed by atoms with van der Waals surface area (Å²) in [5.74, 6) is 0.802. The lowest BCUT2D eigenvalue weighted by atomic mass is 10.1. The first-order valence-electron chi connectivity index (χ1n) is 9.39. The molecule has 1 amide bonds. The molecule has 0 bridgehead atoms. The van der Waals surface area contributed by atoms with Crippen molar-refractivity contribution in [3.63, 3.8) is 0 Å². The second-order valence-corrected chi connectivity index (χ2v) is 8.62. The number of piperazine rings is 1. The van der Waals surface area contributed by atoms with Crippen molar-refractivity contribution in [3.8, 4) is 0 Å². The van der Waals surface area contributed by atoms with Crippen LogP contribution in [-0.4, -0.2) is 45.8 Å². The summed E-state index contributed by atoms with van der Waals surface area (Å²) < 4.78 is 4.51. The van der Waals surface area contributed by atoms with E-state index < -0.39 is 0 Å². The normalized spacial score (nSPS) is 16.9. The Hall–Kier alpha value is -2.15.